The third kappa shape index (κ3) is 3.11. The van der Waals surface area contributed by atoms with Gasteiger partial charge in [0.15, 0.2) is 0 Å². The van der Waals surface area contributed by atoms with E-state index in [1.165, 1.54) is 10.6 Å². The van der Waals surface area contributed by atoms with Crippen LogP contribution in [0.15, 0.2) is 30.6 Å². The second-order valence-electron chi connectivity index (χ2n) is 6.89. The lowest BCUT2D eigenvalue weighted by Gasteiger charge is -2.36. The number of fused-ring (bicyclic) bond motifs is 5. The molecule has 25 heavy (non-hydrogen) atoms. The van der Waals surface area contributed by atoms with Crippen molar-refractivity contribution >= 4 is 27.0 Å². The maximum atomic E-state index is 13.1. The summed E-state index contributed by atoms with van der Waals surface area (Å²) in [7, 11) is -3.24. The summed E-state index contributed by atoms with van der Waals surface area (Å²) in [6.07, 6.45) is 6.28. The van der Waals surface area contributed by atoms with Crippen LogP contribution in [-0.2, 0) is 10.0 Å². The first-order valence-corrected chi connectivity index (χ1v) is 10.2. The molecule has 0 saturated carbocycles. The summed E-state index contributed by atoms with van der Waals surface area (Å²) >= 11 is 0. The van der Waals surface area contributed by atoms with E-state index in [9.17, 15) is 13.2 Å². The van der Waals surface area contributed by atoms with Crippen molar-refractivity contribution in [1.29, 1.82) is 0 Å². The number of aromatic nitrogens is 2. The number of benzene rings is 1. The summed E-state index contributed by atoms with van der Waals surface area (Å²) in [5.74, 6) is 0.135. The summed E-state index contributed by atoms with van der Waals surface area (Å²) in [5, 5.41) is 0. The highest BCUT2D eigenvalue weighted by atomic mass is 32.2. The molecule has 1 aromatic heterocycles. The highest BCUT2D eigenvalue weighted by Gasteiger charge is 2.39. The van der Waals surface area contributed by atoms with Crippen LogP contribution in [0, 0.1) is 5.92 Å². The van der Waals surface area contributed by atoms with Crippen LogP contribution in [0.4, 0.5) is 0 Å². The number of piperidine rings is 1. The molecule has 1 aromatic carbocycles. The Bertz CT molecular complexity index is 930. The van der Waals surface area contributed by atoms with Gasteiger partial charge in [-0.3, -0.25) is 14.8 Å². The highest BCUT2D eigenvalue weighted by Crippen LogP contribution is 2.30. The Morgan fingerprint density at radius 1 is 1.08 bits per heavy atom. The van der Waals surface area contributed by atoms with E-state index in [-0.39, 0.29) is 17.9 Å². The lowest BCUT2D eigenvalue weighted by atomic mass is 9.94. The van der Waals surface area contributed by atoms with Crippen LogP contribution >= 0.6 is 0 Å². The Balaban J connectivity index is 1.63. The number of carbonyl (C=O) groups excluding carboxylic acids is 1. The zero-order valence-electron chi connectivity index (χ0n) is 14.0. The molecule has 3 aliphatic heterocycles. The molecule has 0 radical (unpaired) electrons. The van der Waals surface area contributed by atoms with E-state index >= 15 is 0 Å². The van der Waals surface area contributed by atoms with E-state index in [2.05, 4.69) is 9.97 Å². The van der Waals surface area contributed by atoms with Crippen molar-refractivity contribution in [2.45, 2.75) is 18.9 Å². The Morgan fingerprint density at radius 3 is 2.60 bits per heavy atom. The van der Waals surface area contributed by atoms with Crippen LogP contribution in [-0.4, -0.2) is 65.4 Å². The normalized spacial score (nSPS) is 24.4. The van der Waals surface area contributed by atoms with E-state index in [4.69, 9.17) is 0 Å². The molecule has 3 saturated heterocycles. The molecule has 0 unspecified atom stereocenters. The van der Waals surface area contributed by atoms with Crippen LogP contribution in [0.1, 0.15) is 23.2 Å². The lowest BCUT2D eigenvalue weighted by molar-refractivity contribution is 0.0589. The number of rotatable bonds is 2. The summed E-state index contributed by atoms with van der Waals surface area (Å²) in [5.41, 5.74) is 2.01. The fourth-order valence-corrected chi connectivity index (χ4v) is 4.75. The van der Waals surface area contributed by atoms with Crippen LogP contribution in [0.3, 0.4) is 0 Å². The molecule has 7 nitrogen and oxygen atoms in total. The van der Waals surface area contributed by atoms with Crippen LogP contribution in [0.5, 0.6) is 0 Å². The molecule has 0 spiro atoms. The minimum atomic E-state index is -3.24. The van der Waals surface area contributed by atoms with Crippen molar-refractivity contribution in [3.05, 3.63) is 36.2 Å². The van der Waals surface area contributed by atoms with Gasteiger partial charge in [0, 0.05) is 43.6 Å². The quantitative estimate of drug-likeness (QED) is 0.802. The van der Waals surface area contributed by atoms with E-state index in [0.29, 0.717) is 30.7 Å². The van der Waals surface area contributed by atoms with Gasteiger partial charge in [-0.15, -0.1) is 0 Å². The SMILES string of the molecule is CS(=O)(=O)N1C[C@@H]2CC[C@H](C1)N(C(=O)c1ccc3nccnc3c1)C2. The zero-order valence-corrected chi connectivity index (χ0v) is 14.8. The number of hydrogen-bond acceptors (Lipinski definition) is 5. The number of hydrogen-bond donors (Lipinski definition) is 0. The first kappa shape index (κ1) is 16.4. The van der Waals surface area contributed by atoms with Gasteiger partial charge < -0.3 is 4.90 Å². The van der Waals surface area contributed by atoms with Gasteiger partial charge in [0.1, 0.15) is 0 Å². The lowest BCUT2D eigenvalue weighted by Crippen LogP contribution is -2.47. The fraction of sp³-hybridized carbons (Fsp3) is 0.471. The highest BCUT2D eigenvalue weighted by molar-refractivity contribution is 7.88. The molecular weight excluding hydrogens is 340 g/mol. The van der Waals surface area contributed by atoms with Gasteiger partial charge in [0.2, 0.25) is 10.0 Å². The molecule has 2 aromatic rings. The average Bonchev–Trinajstić information content (AvgIpc) is 2.93. The third-order valence-corrected chi connectivity index (χ3v) is 6.36. The maximum absolute atomic E-state index is 13.1. The molecule has 3 aliphatic rings. The van der Waals surface area contributed by atoms with Crippen LogP contribution < -0.4 is 0 Å². The monoisotopic (exact) mass is 360 g/mol. The maximum Gasteiger partial charge on any atom is 0.254 e. The van der Waals surface area contributed by atoms with Crippen molar-refractivity contribution in [3.63, 3.8) is 0 Å². The summed E-state index contributed by atoms with van der Waals surface area (Å²) in [6, 6.07) is 5.26. The van der Waals surface area contributed by atoms with Gasteiger partial charge in [0.05, 0.1) is 17.3 Å². The van der Waals surface area contributed by atoms with Gasteiger partial charge in [-0.25, -0.2) is 8.42 Å². The molecule has 5 rings (SSSR count). The van der Waals surface area contributed by atoms with Crippen molar-refractivity contribution in [3.8, 4) is 0 Å². The Morgan fingerprint density at radius 2 is 1.84 bits per heavy atom. The van der Waals surface area contributed by atoms with Gasteiger partial charge in [-0.1, -0.05) is 0 Å². The summed E-state index contributed by atoms with van der Waals surface area (Å²) in [6.45, 7) is 1.49. The Hall–Kier alpha value is -2.06. The Kier molecular flexibility index (Phi) is 3.96. The minimum Gasteiger partial charge on any atom is -0.334 e. The Labute approximate surface area is 146 Å². The standard InChI is InChI=1S/C17H20N4O3S/c1-25(23,24)20-9-12-2-4-14(11-20)21(10-12)17(22)13-3-5-15-16(8-13)19-7-6-18-15/h3,5-8,12,14H,2,4,9-11H2,1H3/t12-,14+/m0/s1. The molecule has 2 atom stereocenters. The summed E-state index contributed by atoms with van der Waals surface area (Å²) < 4.78 is 25.4. The predicted octanol–water partition coefficient (Wildman–Crippen LogP) is 1.13. The smallest absolute Gasteiger partial charge is 0.254 e. The molecule has 0 N–H and O–H groups in total. The molecule has 1 amide bonds. The van der Waals surface area contributed by atoms with Gasteiger partial charge in [-0.05, 0) is 37.0 Å². The number of carbonyl (C=O) groups is 1. The molecule has 4 heterocycles. The zero-order chi connectivity index (χ0) is 17.6. The minimum absolute atomic E-state index is 0.0578. The topological polar surface area (TPSA) is 83.5 Å². The van der Waals surface area contributed by atoms with Gasteiger partial charge in [0.25, 0.3) is 5.91 Å². The van der Waals surface area contributed by atoms with Crippen molar-refractivity contribution in [1.82, 2.24) is 19.2 Å². The fourth-order valence-electron chi connectivity index (χ4n) is 3.82. The van der Waals surface area contributed by atoms with Crippen molar-refractivity contribution < 1.29 is 13.2 Å². The van der Waals surface area contributed by atoms with Crippen LogP contribution in [0.2, 0.25) is 0 Å². The second-order valence-corrected chi connectivity index (χ2v) is 8.88. The number of nitrogens with zero attached hydrogens (tertiary/aromatic N) is 4. The first-order valence-electron chi connectivity index (χ1n) is 8.38. The van der Waals surface area contributed by atoms with Crippen molar-refractivity contribution in [2.24, 2.45) is 5.92 Å². The molecule has 0 aliphatic carbocycles. The van der Waals surface area contributed by atoms with E-state index in [1.807, 2.05) is 4.90 Å². The summed E-state index contributed by atoms with van der Waals surface area (Å²) in [4.78, 5) is 23.4. The average molecular weight is 360 g/mol. The second kappa shape index (κ2) is 6.03. The van der Waals surface area contributed by atoms with E-state index in [1.54, 1.807) is 30.6 Å². The van der Waals surface area contributed by atoms with E-state index in [0.717, 1.165) is 18.4 Å². The number of amides is 1. The van der Waals surface area contributed by atoms with E-state index < -0.39 is 10.0 Å². The molecule has 8 heteroatoms. The predicted molar refractivity (Wildman–Crippen MR) is 93.5 cm³/mol. The molecule has 3 fully saturated rings. The number of sulfonamides is 1. The van der Waals surface area contributed by atoms with Gasteiger partial charge >= 0.3 is 0 Å². The molecule has 2 bridgehead atoms. The van der Waals surface area contributed by atoms with Gasteiger partial charge in [-0.2, -0.15) is 4.31 Å². The van der Waals surface area contributed by atoms with Crippen LogP contribution in [0.25, 0.3) is 11.0 Å². The third-order valence-electron chi connectivity index (χ3n) is 5.13. The van der Waals surface area contributed by atoms with Crippen molar-refractivity contribution in [2.75, 3.05) is 25.9 Å². The largest absolute Gasteiger partial charge is 0.334 e. The first-order chi connectivity index (χ1) is 11.9. The molecular formula is C17H20N4O3S. The molecule has 132 valence electrons.